The van der Waals surface area contributed by atoms with Crippen molar-refractivity contribution in [2.75, 3.05) is 35.2 Å². The maximum absolute atomic E-state index is 8.02. The van der Waals surface area contributed by atoms with Crippen LogP contribution < -0.4 is 15.1 Å². The molecule has 0 saturated carbocycles. The summed E-state index contributed by atoms with van der Waals surface area (Å²) in [4.78, 5) is 4.90. The molecule has 1 heterocycles. The molecule has 0 spiro atoms. The van der Waals surface area contributed by atoms with Crippen LogP contribution in [0.4, 0.5) is 11.4 Å². The average Bonchev–Trinajstić information content (AvgIpc) is 3.73. The van der Waals surface area contributed by atoms with Crippen LogP contribution >= 0.6 is 27.3 Å². The maximum atomic E-state index is 8.02. The zero-order chi connectivity index (χ0) is 37.2. The van der Waals surface area contributed by atoms with Gasteiger partial charge in [0, 0.05) is 0 Å². The van der Waals surface area contributed by atoms with E-state index in [1.54, 1.807) is 5.30 Å². The van der Waals surface area contributed by atoms with E-state index in [-0.39, 0.29) is 7.92 Å². The number of allylic oxidation sites excluding steroid dienone is 1. The standard InChI is InChI=1S/C21H26N2.C15H10.C10H15P.2ClH.Ru/c1-14-9-16(3)20(17(4)10-14)22-7-8-23(13-22)21-18(5)11-15(2)12-19(21)6;1-2-6-12(7-3-1)15-10-13-8-4-5-9-14(13)11-15;1-3-11(4-2)10-8-6-5-7-9-10;;;/h9-12H,7-8H2,1-6H3;1-10H;5-9H,3-4H2,1-2H3;2*1H;/q;;;;;+2/p-2. The monoisotopic (exact) mass is 834 g/mol. The minimum atomic E-state index is -3.84. The van der Waals surface area contributed by atoms with Crippen LogP contribution in [0.25, 0.3) is 11.6 Å². The molecule has 1 saturated heterocycles. The van der Waals surface area contributed by atoms with Crippen molar-refractivity contribution >= 4 is 64.1 Å². The van der Waals surface area contributed by atoms with E-state index in [4.69, 9.17) is 19.4 Å². The Labute approximate surface area is 323 Å². The summed E-state index contributed by atoms with van der Waals surface area (Å²) in [6.45, 7) is 19.4. The van der Waals surface area contributed by atoms with Gasteiger partial charge in [-0.25, -0.2) is 0 Å². The van der Waals surface area contributed by atoms with E-state index in [0.29, 0.717) is 0 Å². The molecule has 1 aliphatic heterocycles. The number of nitrogens with zero attached hydrogens (tertiary/aromatic N) is 2. The van der Waals surface area contributed by atoms with E-state index >= 15 is 0 Å². The third kappa shape index (κ3) is 7.72. The van der Waals surface area contributed by atoms with Crippen LogP contribution in [0, 0.1) is 41.5 Å². The molecule has 2 aliphatic rings. The van der Waals surface area contributed by atoms with Crippen molar-refractivity contribution in [1.82, 2.24) is 0 Å². The first-order valence-electron chi connectivity index (χ1n) is 18.2. The van der Waals surface area contributed by atoms with E-state index in [0.717, 1.165) is 38.3 Å². The van der Waals surface area contributed by atoms with E-state index in [1.165, 1.54) is 62.6 Å². The van der Waals surface area contributed by atoms with E-state index < -0.39 is 11.9 Å². The van der Waals surface area contributed by atoms with Gasteiger partial charge in [0.05, 0.1) is 0 Å². The molecule has 1 fully saturated rings. The van der Waals surface area contributed by atoms with Crippen LogP contribution in [0.5, 0.6) is 0 Å². The molecule has 0 unspecified atom stereocenters. The molecule has 0 N–H and O–H groups in total. The summed E-state index contributed by atoms with van der Waals surface area (Å²) in [7, 11) is 16.2. The number of anilines is 2. The molecule has 0 bridgehead atoms. The Bertz CT molecular complexity index is 2130. The quantitative estimate of drug-likeness (QED) is 0.124. The van der Waals surface area contributed by atoms with Crippen LogP contribution in [0.1, 0.15) is 63.9 Å². The predicted octanol–water partition coefficient (Wildman–Crippen LogP) is 12.0. The Morgan fingerprint density at radius 3 is 1.52 bits per heavy atom. The molecule has 272 valence electrons. The van der Waals surface area contributed by atoms with E-state index in [1.807, 2.05) is 0 Å². The van der Waals surface area contributed by atoms with Gasteiger partial charge in [-0.1, -0.05) is 52.1 Å². The number of hydrogen-bond acceptors (Lipinski definition) is 2. The van der Waals surface area contributed by atoms with Crippen molar-refractivity contribution in [2.45, 2.75) is 55.4 Å². The number of benzene rings is 5. The number of rotatable bonds is 6. The van der Waals surface area contributed by atoms with Crippen molar-refractivity contribution in [3.8, 4) is 0 Å². The van der Waals surface area contributed by atoms with Gasteiger partial charge < -0.3 is 0 Å². The van der Waals surface area contributed by atoms with Gasteiger partial charge >= 0.3 is 256 Å². The fraction of sp³-hybridized carbons (Fsp3) is 0.261. The first-order chi connectivity index (χ1) is 25.0. The van der Waals surface area contributed by atoms with Gasteiger partial charge in [0.25, 0.3) is 0 Å². The molecular formula is C46H51Cl2N2PRu. The minimum absolute atomic E-state index is 0.149. The van der Waals surface area contributed by atoms with E-state index in [9.17, 15) is 0 Å². The summed E-state index contributed by atoms with van der Waals surface area (Å²) in [5, 5.41) is 1.55. The molecule has 52 heavy (non-hydrogen) atoms. The second-order valence-electron chi connectivity index (χ2n) is 13.8. The fourth-order valence-electron chi connectivity index (χ4n) is 7.91. The third-order valence-corrected chi connectivity index (χ3v) is 19.4. The van der Waals surface area contributed by atoms with Gasteiger partial charge in [0.15, 0.2) is 0 Å². The van der Waals surface area contributed by atoms with Gasteiger partial charge in [0.1, 0.15) is 0 Å². The van der Waals surface area contributed by atoms with Gasteiger partial charge in [-0.2, -0.15) is 0 Å². The van der Waals surface area contributed by atoms with Crippen LogP contribution in [-0.4, -0.2) is 33.9 Å². The third-order valence-electron chi connectivity index (χ3n) is 9.90. The molecule has 0 aromatic heterocycles. The summed E-state index contributed by atoms with van der Waals surface area (Å²) in [5.74, 6) is 0. The van der Waals surface area contributed by atoms with Crippen molar-refractivity contribution in [3.63, 3.8) is 0 Å². The average molecular weight is 835 g/mol. The molecular weight excluding hydrogens is 783 g/mol. The van der Waals surface area contributed by atoms with Crippen molar-refractivity contribution in [2.24, 2.45) is 0 Å². The summed E-state index contributed by atoms with van der Waals surface area (Å²) in [6, 6.07) is 39.1. The van der Waals surface area contributed by atoms with Crippen LogP contribution in [-0.2, 0) is 11.9 Å². The summed E-state index contributed by atoms with van der Waals surface area (Å²) in [6.07, 6.45) is 4.90. The van der Waals surface area contributed by atoms with Crippen LogP contribution in [0.3, 0.4) is 0 Å². The summed E-state index contributed by atoms with van der Waals surface area (Å²) in [5.41, 5.74) is 14.6. The zero-order valence-corrected chi connectivity index (χ0v) is 35.9. The first kappa shape index (κ1) is 38.5. The fourth-order valence-corrected chi connectivity index (χ4v) is 17.4. The molecule has 2 nitrogen and oxygen atoms in total. The Balaban J connectivity index is 0.000000362. The second-order valence-corrected chi connectivity index (χ2v) is 25.8. The summed E-state index contributed by atoms with van der Waals surface area (Å²) < 4.78 is 2.16. The number of halogens is 2. The SMILES string of the molecule is CCP(CC)c1ccccc1.Cc1cc(C)c(N2CCN(c3c(C)cc(C)cc3C)[C]2=[Ru]([Cl])([Cl])=[C]2C(c3ccccc3)=Cc3ccccc32)c(C)c1. The van der Waals surface area contributed by atoms with E-state index in [2.05, 4.69) is 180 Å². The van der Waals surface area contributed by atoms with Gasteiger partial charge in [-0.05, 0) is 17.6 Å². The first-order valence-corrected chi connectivity index (χ1v) is 26.1. The Morgan fingerprint density at radius 2 is 1.04 bits per heavy atom. The Hall–Kier alpha value is -3.19. The van der Waals surface area contributed by atoms with Crippen molar-refractivity contribution in [1.29, 1.82) is 0 Å². The zero-order valence-electron chi connectivity index (χ0n) is 31.7. The topological polar surface area (TPSA) is 6.48 Å². The molecule has 6 heteroatoms. The second kappa shape index (κ2) is 16.4. The predicted molar refractivity (Wildman–Crippen MR) is 232 cm³/mol. The van der Waals surface area contributed by atoms with Crippen LogP contribution in [0.15, 0.2) is 109 Å². The van der Waals surface area contributed by atoms with Crippen molar-refractivity contribution < 1.29 is 11.9 Å². The molecule has 5 aromatic carbocycles. The van der Waals surface area contributed by atoms with Crippen LogP contribution in [0.2, 0.25) is 0 Å². The van der Waals surface area contributed by atoms with Gasteiger partial charge in [-0.15, -0.1) is 0 Å². The van der Waals surface area contributed by atoms with Gasteiger partial charge in [0.2, 0.25) is 0 Å². The molecule has 0 amide bonds. The molecule has 0 radical (unpaired) electrons. The molecule has 5 aromatic rings. The Morgan fingerprint density at radius 1 is 0.596 bits per heavy atom. The number of aryl methyl sites for hydroxylation is 6. The molecule has 1 aliphatic carbocycles. The number of fused-ring (bicyclic) bond motifs is 1. The normalized spacial score (nSPS) is 14.4. The van der Waals surface area contributed by atoms with Gasteiger partial charge in [-0.3, -0.25) is 0 Å². The van der Waals surface area contributed by atoms with Crippen molar-refractivity contribution in [3.05, 3.63) is 159 Å². The molecule has 7 rings (SSSR count). The molecule has 0 atom stereocenters. The summed E-state index contributed by atoms with van der Waals surface area (Å²) >= 11 is -3.84. The number of hydrogen-bond donors (Lipinski definition) is 0. The Kier molecular flexibility index (Phi) is 12.2.